The molecule has 82 valence electrons. The van der Waals surface area contributed by atoms with Gasteiger partial charge in [0.1, 0.15) is 0 Å². The van der Waals surface area contributed by atoms with Gasteiger partial charge in [0.15, 0.2) is 0 Å². The summed E-state index contributed by atoms with van der Waals surface area (Å²) in [6.07, 6.45) is 2.27. The summed E-state index contributed by atoms with van der Waals surface area (Å²) in [6, 6.07) is 2.28. The Labute approximate surface area is 94.0 Å². The van der Waals surface area contributed by atoms with Crippen LogP contribution >= 0.6 is 0 Å². The van der Waals surface area contributed by atoms with E-state index in [0.717, 1.165) is 6.42 Å². The number of hydrogen-bond donors (Lipinski definition) is 0. The molecule has 0 aliphatic heterocycles. The van der Waals surface area contributed by atoms with Crippen molar-refractivity contribution in [3.8, 4) is 0 Å². The molecular weight excluding hydrogens is 180 g/mol. The standard InChI is InChI=1S/C15H22/c1-7-8-10(2)15-12(4)9-11(3)13(5)14(15)6/h9H,2,7-8H2,1,3-6H3. The van der Waals surface area contributed by atoms with Crippen molar-refractivity contribution in [2.75, 3.05) is 0 Å². The lowest BCUT2D eigenvalue weighted by molar-refractivity contribution is 0.970. The van der Waals surface area contributed by atoms with Crippen LogP contribution in [0.15, 0.2) is 12.6 Å². The lowest BCUT2D eigenvalue weighted by Crippen LogP contribution is -1.98. The van der Waals surface area contributed by atoms with Gasteiger partial charge >= 0.3 is 0 Å². The Balaban J connectivity index is 3.29. The molecule has 0 aromatic heterocycles. The average molecular weight is 202 g/mol. The first-order valence-electron chi connectivity index (χ1n) is 5.74. The van der Waals surface area contributed by atoms with Gasteiger partial charge in [0.05, 0.1) is 0 Å². The summed E-state index contributed by atoms with van der Waals surface area (Å²) in [5.41, 5.74) is 8.25. The molecule has 0 radical (unpaired) electrons. The molecule has 0 unspecified atom stereocenters. The molecule has 0 spiro atoms. The van der Waals surface area contributed by atoms with Crippen molar-refractivity contribution >= 4 is 5.57 Å². The van der Waals surface area contributed by atoms with Crippen LogP contribution in [0, 0.1) is 27.7 Å². The summed E-state index contributed by atoms with van der Waals surface area (Å²) >= 11 is 0. The predicted octanol–water partition coefficient (Wildman–Crippen LogP) is 4.73. The average Bonchev–Trinajstić information content (AvgIpc) is 2.15. The molecular formula is C15H22. The first-order chi connectivity index (χ1) is 6.99. The molecule has 1 aromatic rings. The van der Waals surface area contributed by atoms with E-state index in [-0.39, 0.29) is 0 Å². The van der Waals surface area contributed by atoms with Crippen molar-refractivity contribution in [2.24, 2.45) is 0 Å². The second kappa shape index (κ2) is 4.65. The Bertz CT molecular complexity index is 384. The predicted molar refractivity (Wildman–Crippen MR) is 69.3 cm³/mol. The topological polar surface area (TPSA) is 0 Å². The minimum absolute atomic E-state index is 1.10. The van der Waals surface area contributed by atoms with Crippen LogP contribution in [0.3, 0.4) is 0 Å². The van der Waals surface area contributed by atoms with Gasteiger partial charge in [-0.05, 0) is 67.5 Å². The number of allylic oxidation sites excluding steroid dienone is 1. The molecule has 0 heterocycles. The molecule has 1 rings (SSSR count). The maximum atomic E-state index is 4.21. The molecule has 0 saturated carbocycles. The van der Waals surface area contributed by atoms with E-state index in [9.17, 15) is 0 Å². The van der Waals surface area contributed by atoms with Gasteiger partial charge in [-0.25, -0.2) is 0 Å². The van der Waals surface area contributed by atoms with Crippen LogP contribution in [0.4, 0.5) is 0 Å². The van der Waals surface area contributed by atoms with Crippen LogP contribution in [0.1, 0.15) is 47.6 Å². The van der Waals surface area contributed by atoms with E-state index >= 15 is 0 Å². The largest absolute Gasteiger partial charge is 0.0952 e. The third kappa shape index (κ3) is 2.31. The highest BCUT2D eigenvalue weighted by Crippen LogP contribution is 2.29. The maximum Gasteiger partial charge on any atom is -0.0169 e. The van der Waals surface area contributed by atoms with Crippen molar-refractivity contribution < 1.29 is 0 Å². The Morgan fingerprint density at radius 3 is 2.20 bits per heavy atom. The van der Waals surface area contributed by atoms with E-state index < -0.39 is 0 Å². The van der Waals surface area contributed by atoms with E-state index in [1.165, 1.54) is 39.8 Å². The van der Waals surface area contributed by atoms with E-state index in [2.05, 4.69) is 47.3 Å². The van der Waals surface area contributed by atoms with E-state index in [1.807, 2.05) is 0 Å². The number of rotatable bonds is 3. The molecule has 15 heavy (non-hydrogen) atoms. The minimum Gasteiger partial charge on any atom is -0.0952 e. The highest BCUT2D eigenvalue weighted by Gasteiger charge is 2.09. The third-order valence-corrected chi connectivity index (χ3v) is 3.26. The quantitative estimate of drug-likeness (QED) is 0.664. The van der Waals surface area contributed by atoms with Gasteiger partial charge in [-0.2, -0.15) is 0 Å². The first-order valence-corrected chi connectivity index (χ1v) is 5.74. The molecule has 0 fully saturated rings. The van der Waals surface area contributed by atoms with Gasteiger partial charge in [0, 0.05) is 0 Å². The number of benzene rings is 1. The zero-order valence-electron chi connectivity index (χ0n) is 10.7. The van der Waals surface area contributed by atoms with Crippen molar-refractivity contribution in [3.63, 3.8) is 0 Å². The van der Waals surface area contributed by atoms with Crippen LogP contribution < -0.4 is 0 Å². The van der Waals surface area contributed by atoms with Gasteiger partial charge in [-0.1, -0.05) is 26.0 Å². The molecule has 0 aliphatic carbocycles. The fourth-order valence-electron chi connectivity index (χ4n) is 2.25. The Kier molecular flexibility index (Phi) is 3.73. The molecule has 0 atom stereocenters. The Morgan fingerprint density at radius 1 is 1.07 bits per heavy atom. The van der Waals surface area contributed by atoms with Crippen molar-refractivity contribution in [1.29, 1.82) is 0 Å². The second-order valence-corrected chi connectivity index (χ2v) is 4.49. The lowest BCUT2D eigenvalue weighted by Gasteiger charge is -2.16. The Hall–Kier alpha value is -1.04. The molecule has 0 aliphatic rings. The molecule has 0 saturated heterocycles. The zero-order chi connectivity index (χ0) is 11.6. The zero-order valence-corrected chi connectivity index (χ0v) is 10.7. The van der Waals surface area contributed by atoms with E-state index in [1.54, 1.807) is 0 Å². The van der Waals surface area contributed by atoms with E-state index in [0.29, 0.717) is 0 Å². The number of hydrogen-bond acceptors (Lipinski definition) is 0. The normalized spacial score (nSPS) is 10.5. The van der Waals surface area contributed by atoms with Crippen LogP contribution in [-0.4, -0.2) is 0 Å². The smallest absolute Gasteiger partial charge is 0.0169 e. The highest BCUT2D eigenvalue weighted by atomic mass is 14.1. The van der Waals surface area contributed by atoms with Crippen LogP contribution in [0.25, 0.3) is 5.57 Å². The molecule has 0 N–H and O–H groups in total. The maximum absolute atomic E-state index is 4.21. The van der Waals surface area contributed by atoms with Crippen molar-refractivity contribution in [1.82, 2.24) is 0 Å². The summed E-state index contributed by atoms with van der Waals surface area (Å²) in [5.74, 6) is 0. The van der Waals surface area contributed by atoms with Gasteiger partial charge in [0.2, 0.25) is 0 Å². The van der Waals surface area contributed by atoms with Gasteiger partial charge in [-0.3, -0.25) is 0 Å². The van der Waals surface area contributed by atoms with Gasteiger partial charge in [-0.15, -0.1) is 0 Å². The van der Waals surface area contributed by atoms with Gasteiger partial charge in [0.25, 0.3) is 0 Å². The van der Waals surface area contributed by atoms with Crippen LogP contribution in [0.5, 0.6) is 0 Å². The molecule has 1 aromatic carbocycles. The van der Waals surface area contributed by atoms with E-state index in [4.69, 9.17) is 0 Å². The van der Waals surface area contributed by atoms with Gasteiger partial charge < -0.3 is 0 Å². The lowest BCUT2D eigenvalue weighted by atomic mass is 9.89. The molecule has 0 bridgehead atoms. The molecule has 0 amide bonds. The number of aryl methyl sites for hydroxylation is 2. The summed E-state index contributed by atoms with van der Waals surface area (Å²) in [4.78, 5) is 0. The van der Waals surface area contributed by atoms with Crippen molar-refractivity contribution in [2.45, 2.75) is 47.5 Å². The Morgan fingerprint density at radius 2 is 1.67 bits per heavy atom. The second-order valence-electron chi connectivity index (χ2n) is 4.49. The fraction of sp³-hybridized carbons (Fsp3) is 0.467. The summed E-state index contributed by atoms with van der Waals surface area (Å²) in [7, 11) is 0. The SMILES string of the molecule is C=C(CCC)c1c(C)cc(C)c(C)c1C. The molecule has 0 nitrogen and oxygen atoms in total. The first kappa shape index (κ1) is 12.0. The fourth-order valence-corrected chi connectivity index (χ4v) is 2.25. The minimum atomic E-state index is 1.10. The van der Waals surface area contributed by atoms with Crippen molar-refractivity contribution in [3.05, 3.63) is 40.5 Å². The molecule has 0 heteroatoms. The summed E-state index contributed by atoms with van der Waals surface area (Å²) < 4.78 is 0. The van der Waals surface area contributed by atoms with Crippen LogP contribution in [0.2, 0.25) is 0 Å². The summed E-state index contributed by atoms with van der Waals surface area (Å²) in [6.45, 7) is 15.2. The highest BCUT2D eigenvalue weighted by molar-refractivity contribution is 5.70. The van der Waals surface area contributed by atoms with Crippen LogP contribution in [-0.2, 0) is 0 Å². The monoisotopic (exact) mass is 202 g/mol. The third-order valence-electron chi connectivity index (χ3n) is 3.26. The summed E-state index contributed by atoms with van der Waals surface area (Å²) in [5, 5.41) is 0.